The highest BCUT2D eigenvalue weighted by Gasteiger charge is 2.16. The summed E-state index contributed by atoms with van der Waals surface area (Å²) in [6.45, 7) is 4.43. The summed E-state index contributed by atoms with van der Waals surface area (Å²) in [6.07, 6.45) is 6.34. The molecule has 1 saturated carbocycles. The molecule has 15 heavy (non-hydrogen) atoms. The number of anilines is 1. The average molecular weight is 225 g/mol. The molecular formula is C11H19N3S. The maximum Gasteiger partial charge on any atom is 0.205 e. The standard InChI is InChI=1S/C11H19N3S/c1-8(2)7-10-13-14-11(15-10)12-9-5-3-4-6-9/h8-9H,3-7H2,1-2H3,(H,12,14). The van der Waals surface area contributed by atoms with Crippen LogP contribution in [0, 0.1) is 5.92 Å². The predicted molar refractivity (Wildman–Crippen MR) is 64.3 cm³/mol. The van der Waals surface area contributed by atoms with Gasteiger partial charge in [-0.2, -0.15) is 0 Å². The van der Waals surface area contributed by atoms with Crippen LogP contribution in [0.2, 0.25) is 0 Å². The molecule has 1 fully saturated rings. The molecule has 3 nitrogen and oxygen atoms in total. The van der Waals surface area contributed by atoms with E-state index >= 15 is 0 Å². The van der Waals surface area contributed by atoms with E-state index in [-0.39, 0.29) is 0 Å². The number of nitrogens with zero attached hydrogens (tertiary/aromatic N) is 2. The van der Waals surface area contributed by atoms with Gasteiger partial charge in [0.15, 0.2) is 0 Å². The van der Waals surface area contributed by atoms with Crippen LogP contribution in [-0.2, 0) is 6.42 Å². The topological polar surface area (TPSA) is 37.8 Å². The van der Waals surface area contributed by atoms with Gasteiger partial charge in [-0.15, -0.1) is 10.2 Å². The van der Waals surface area contributed by atoms with Gasteiger partial charge in [-0.1, -0.05) is 38.0 Å². The highest BCUT2D eigenvalue weighted by atomic mass is 32.1. The second-order valence-electron chi connectivity index (χ2n) is 4.72. The summed E-state index contributed by atoms with van der Waals surface area (Å²) in [4.78, 5) is 0. The second-order valence-corrected chi connectivity index (χ2v) is 5.79. The molecule has 2 rings (SSSR count). The van der Waals surface area contributed by atoms with Gasteiger partial charge in [-0.3, -0.25) is 0 Å². The molecule has 0 saturated heterocycles. The van der Waals surface area contributed by atoms with Crippen molar-refractivity contribution < 1.29 is 0 Å². The fourth-order valence-corrected chi connectivity index (χ4v) is 3.02. The summed E-state index contributed by atoms with van der Waals surface area (Å²) in [5, 5.41) is 14.0. The van der Waals surface area contributed by atoms with Crippen molar-refractivity contribution in [3.05, 3.63) is 5.01 Å². The molecule has 1 aromatic heterocycles. The van der Waals surface area contributed by atoms with Gasteiger partial charge >= 0.3 is 0 Å². The summed E-state index contributed by atoms with van der Waals surface area (Å²) in [5.74, 6) is 0.664. The van der Waals surface area contributed by atoms with Gasteiger partial charge in [0.1, 0.15) is 5.01 Å². The van der Waals surface area contributed by atoms with Crippen LogP contribution in [0.1, 0.15) is 44.5 Å². The van der Waals surface area contributed by atoms with Crippen LogP contribution < -0.4 is 5.32 Å². The molecule has 0 spiro atoms. The van der Waals surface area contributed by atoms with E-state index in [1.807, 2.05) is 0 Å². The van der Waals surface area contributed by atoms with Crippen molar-refractivity contribution >= 4 is 16.5 Å². The minimum absolute atomic E-state index is 0.643. The Bertz CT molecular complexity index is 303. The Kier molecular flexibility index (Phi) is 3.57. The van der Waals surface area contributed by atoms with Gasteiger partial charge in [0.05, 0.1) is 0 Å². The number of aromatic nitrogens is 2. The van der Waals surface area contributed by atoms with Gasteiger partial charge in [-0.25, -0.2) is 0 Å². The summed E-state index contributed by atoms with van der Waals surface area (Å²) in [6, 6.07) is 0.643. The van der Waals surface area contributed by atoms with Gasteiger partial charge in [-0.05, 0) is 18.8 Å². The van der Waals surface area contributed by atoms with E-state index in [1.54, 1.807) is 11.3 Å². The van der Waals surface area contributed by atoms with Crippen LogP contribution in [0.4, 0.5) is 5.13 Å². The maximum absolute atomic E-state index is 4.20. The van der Waals surface area contributed by atoms with E-state index < -0.39 is 0 Å². The van der Waals surface area contributed by atoms with E-state index in [4.69, 9.17) is 0 Å². The first kappa shape index (κ1) is 10.9. The lowest BCUT2D eigenvalue weighted by molar-refractivity contribution is 0.639. The first-order valence-corrected chi connectivity index (χ1v) is 6.64. The first-order valence-electron chi connectivity index (χ1n) is 5.83. The third kappa shape index (κ3) is 3.16. The van der Waals surface area contributed by atoms with Crippen LogP contribution in [0.3, 0.4) is 0 Å². The molecule has 1 heterocycles. The number of nitrogens with one attached hydrogen (secondary N) is 1. The average Bonchev–Trinajstić information content (AvgIpc) is 2.77. The quantitative estimate of drug-likeness (QED) is 0.855. The fourth-order valence-electron chi connectivity index (χ4n) is 1.99. The third-order valence-electron chi connectivity index (χ3n) is 2.73. The van der Waals surface area contributed by atoms with Crippen LogP contribution in [0.15, 0.2) is 0 Å². The summed E-state index contributed by atoms with van der Waals surface area (Å²) < 4.78 is 0. The Labute approximate surface area is 95.3 Å². The van der Waals surface area contributed by atoms with Crippen LogP contribution in [-0.4, -0.2) is 16.2 Å². The number of rotatable bonds is 4. The van der Waals surface area contributed by atoms with E-state index in [1.165, 1.54) is 25.7 Å². The molecule has 84 valence electrons. The van der Waals surface area contributed by atoms with Gasteiger partial charge in [0.25, 0.3) is 0 Å². The lowest BCUT2D eigenvalue weighted by Gasteiger charge is -2.08. The molecule has 0 atom stereocenters. The molecule has 1 N–H and O–H groups in total. The molecule has 0 amide bonds. The van der Waals surface area contributed by atoms with E-state index in [9.17, 15) is 0 Å². The Morgan fingerprint density at radius 2 is 2.07 bits per heavy atom. The van der Waals surface area contributed by atoms with Gasteiger partial charge in [0, 0.05) is 12.5 Å². The Morgan fingerprint density at radius 3 is 2.73 bits per heavy atom. The molecule has 1 aliphatic carbocycles. The van der Waals surface area contributed by atoms with Crippen LogP contribution >= 0.6 is 11.3 Å². The zero-order valence-electron chi connectivity index (χ0n) is 9.49. The van der Waals surface area contributed by atoms with Crippen molar-refractivity contribution in [2.24, 2.45) is 5.92 Å². The van der Waals surface area contributed by atoms with Gasteiger partial charge < -0.3 is 5.32 Å². The van der Waals surface area contributed by atoms with Crippen LogP contribution in [0.25, 0.3) is 0 Å². The van der Waals surface area contributed by atoms with Crippen molar-refractivity contribution in [1.29, 1.82) is 0 Å². The zero-order valence-corrected chi connectivity index (χ0v) is 10.3. The second kappa shape index (κ2) is 4.92. The lowest BCUT2D eigenvalue weighted by atomic mass is 10.1. The van der Waals surface area contributed by atoms with Crippen LogP contribution in [0.5, 0.6) is 0 Å². The van der Waals surface area contributed by atoms with E-state index in [0.29, 0.717) is 12.0 Å². The minimum Gasteiger partial charge on any atom is -0.357 e. The normalized spacial score (nSPS) is 17.5. The third-order valence-corrected chi connectivity index (χ3v) is 3.61. The summed E-state index contributed by atoms with van der Waals surface area (Å²) in [5.41, 5.74) is 0. The Hall–Kier alpha value is -0.640. The smallest absolute Gasteiger partial charge is 0.205 e. The molecule has 1 aliphatic rings. The zero-order chi connectivity index (χ0) is 10.7. The molecule has 1 aromatic rings. The maximum atomic E-state index is 4.20. The Morgan fingerprint density at radius 1 is 1.33 bits per heavy atom. The van der Waals surface area contributed by atoms with Crippen molar-refractivity contribution in [3.8, 4) is 0 Å². The number of hydrogen-bond donors (Lipinski definition) is 1. The SMILES string of the molecule is CC(C)Cc1nnc(NC2CCCC2)s1. The highest BCUT2D eigenvalue weighted by molar-refractivity contribution is 7.15. The van der Waals surface area contributed by atoms with Crippen molar-refractivity contribution in [2.45, 2.75) is 52.0 Å². The van der Waals surface area contributed by atoms with E-state index in [2.05, 4.69) is 29.4 Å². The fraction of sp³-hybridized carbons (Fsp3) is 0.818. The first-order chi connectivity index (χ1) is 7.24. The van der Waals surface area contributed by atoms with E-state index in [0.717, 1.165) is 16.6 Å². The van der Waals surface area contributed by atoms with Gasteiger partial charge in [0.2, 0.25) is 5.13 Å². The van der Waals surface area contributed by atoms with Crippen molar-refractivity contribution in [2.75, 3.05) is 5.32 Å². The Balaban J connectivity index is 1.88. The highest BCUT2D eigenvalue weighted by Crippen LogP contribution is 2.24. The molecule has 0 aliphatic heterocycles. The molecular weight excluding hydrogens is 206 g/mol. The molecule has 0 aromatic carbocycles. The molecule has 0 unspecified atom stereocenters. The largest absolute Gasteiger partial charge is 0.357 e. The monoisotopic (exact) mass is 225 g/mol. The molecule has 0 bridgehead atoms. The summed E-state index contributed by atoms with van der Waals surface area (Å²) in [7, 11) is 0. The summed E-state index contributed by atoms with van der Waals surface area (Å²) >= 11 is 1.71. The molecule has 4 heteroatoms. The molecule has 0 radical (unpaired) electrons. The van der Waals surface area contributed by atoms with Crippen molar-refractivity contribution in [3.63, 3.8) is 0 Å². The van der Waals surface area contributed by atoms with Crippen molar-refractivity contribution in [1.82, 2.24) is 10.2 Å². The number of hydrogen-bond acceptors (Lipinski definition) is 4. The lowest BCUT2D eigenvalue weighted by Crippen LogP contribution is -2.13. The minimum atomic E-state index is 0.643. The predicted octanol–water partition coefficient (Wildman–Crippen LogP) is 3.09.